The first-order chi connectivity index (χ1) is 15.8. The molecule has 0 spiro atoms. The molecule has 174 valence electrons. The molecule has 0 atom stereocenters. The van der Waals surface area contributed by atoms with Gasteiger partial charge in [0, 0.05) is 24.4 Å². The van der Waals surface area contributed by atoms with E-state index in [4.69, 9.17) is 18.9 Å². The number of carbonyl (C=O) groups excluding carboxylic acids is 1. The molecule has 0 bridgehead atoms. The van der Waals surface area contributed by atoms with Gasteiger partial charge in [0.1, 0.15) is 17.5 Å². The first kappa shape index (κ1) is 22.3. The number of benzene rings is 1. The van der Waals surface area contributed by atoms with Crippen LogP contribution in [0.2, 0.25) is 0 Å². The van der Waals surface area contributed by atoms with Gasteiger partial charge in [0.25, 0.3) is 11.5 Å². The lowest BCUT2D eigenvalue weighted by Gasteiger charge is -2.38. The Hall–Kier alpha value is -3.95. The number of carbonyl (C=O) groups is 1. The highest BCUT2D eigenvalue weighted by Crippen LogP contribution is 2.40. The second-order valence-corrected chi connectivity index (χ2v) is 7.76. The number of pyridine rings is 1. The Morgan fingerprint density at radius 1 is 1.03 bits per heavy atom. The maximum Gasteiger partial charge on any atom is 0.272 e. The molecule has 1 fully saturated rings. The van der Waals surface area contributed by atoms with E-state index < -0.39 is 0 Å². The van der Waals surface area contributed by atoms with Crippen molar-refractivity contribution >= 4 is 5.91 Å². The molecule has 1 aromatic carbocycles. The Labute approximate surface area is 190 Å². The van der Waals surface area contributed by atoms with Crippen molar-refractivity contribution in [1.29, 1.82) is 0 Å². The van der Waals surface area contributed by atoms with Crippen molar-refractivity contribution < 1.29 is 23.7 Å². The molecule has 1 saturated heterocycles. The summed E-state index contributed by atoms with van der Waals surface area (Å²) in [6.45, 7) is 2.69. The predicted molar refractivity (Wildman–Crippen MR) is 120 cm³/mol. The predicted octanol–water partition coefficient (Wildman–Crippen LogP) is 2.01. The van der Waals surface area contributed by atoms with E-state index in [0.29, 0.717) is 53.0 Å². The van der Waals surface area contributed by atoms with Gasteiger partial charge in [0.2, 0.25) is 5.75 Å². The molecule has 3 aromatic rings. The Bertz CT molecular complexity index is 1220. The summed E-state index contributed by atoms with van der Waals surface area (Å²) in [4.78, 5) is 26.4. The first-order valence-electron chi connectivity index (χ1n) is 10.3. The van der Waals surface area contributed by atoms with Gasteiger partial charge in [-0.05, 0) is 31.2 Å². The summed E-state index contributed by atoms with van der Waals surface area (Å²) in [5, 5.41) is 7.08. The minimum absolute atomic E-state index is 0.131. The summed E-state index contributed by atoms with van der Waals surface area (Å²) in [6, 6.07) is 8.48. The number of likely N-dealkylation sites (tertiary alicyclic amines) is 1. The quantitative estimate of drug-likeness (QED) is 0.582. The Balaban J connectivity index is 1.44. The van der Waals surface area contributed by atoms with Gasteiger partial charge in [-0.1, -0.05) is 0 Å². The molecule has 1 amide bonds. The fourth-order valence-corrected chi connectivity index (χ4v) is 3.65. The smallest absolute Gasteiger partial charge is 0.272 e. The van der Waals surface area contributed by atoms with Crippen LogP contribution in [0.25, 0.3) is 11.3 Å². The van der Waals surface area contributed by atoms with Crippen LogP contribution in [0.15, 0.2) is 35.1 Å². The summed E-state index contributed by atoms with van der Waals surface area (Å²) >= 11 is 0. The standard InChI is InChI=1S/C23H26N4O6/c1-13-6-15(9-21(28)26(13)2)33-16-11-27(12-16)23(29)18-10-17(24-25-18)14-7-19(30-3)22(32-5)20(8-14)31-4/h6-10,16H,11-12H2,1-5H3,(H,24,25). The molecule has 33 heavy (non-hydrogen) atoms. The normalized spacial score (nSPS) is 13.4. The van der Waals surface area contributed by atoms with Crippen molar-refractivity contribution in [2.75, 3.05) is 34.4 Å². The van der Waals surface area contributed by atoms with E-state index in [-0.39, 0.29) is 17.6 Å². The van der Waals surface area contributed by atoms with Gasteiger partial charge in [-0.25, -0.2) is 0 Å². The summed E-state index contributed by atoms with van der Waals surface area (Å²) in [5.74, 6) is 1.81. The number of rotatable bonds is 7. The maximum absolute atomic E-state index is 12.8. The van der Waals surface area contributed by atoms with E-state index in [1.54, 1.807) is 34.7 Å². The number of nitrogens with one attached hydrogen (secondary N) is 1. The molecule has 1 aliphatic rings. The van der Waals surface area contributed by atoms with Crippen molar-refractivity contribution in [3.8, 4) is 34.3 Å². The third kappa shape index (κ3) is 4.23. The number of methoxy groups -OCH3 is 3. The monoisotopic (exact) mass is 454 g/mol. The Kier molecular flexibility index (Phi) is 5.99. The van der Waals surface area contributed by atoms with Crippen molar-refractivity contribution in [2.45, 2.75) is 13.0 Å². The number of aryl methyl sites for hydroxylation is 1. The Morgan fingerprint density at radius 2 is 1.70 bits per heavy atom. The minimum Gasteiger partial charge on any atom is -0.493 e. The highest BCUT2D eigenvalue weighted by atomic mass is 16.5. The minimum atomic E-state index is -0.179. The average molecular weight is 454 g/mol. The molecular formula is C23H26N4O6. The molecular weight excluding hydrogens is 428 g/mol. The zero-order valence-electron chi connectivity index (χ0n) is 19.2. The van der Waals surface area contributed by atoms with E-state index in [1.807, 2.05) is 13.0 Å². The molecule has 1 aliphatic heterocycles. The third-order valence-corrected chi connectivity index (χ3v) is 5.68. The van der Waals surface area contributed by atoms with Crippen LogP contribution in [-0.4, -0.2) is 66.1 Å². The SMILES string of the molecule is COc1cc(-c2cc(C(=O)N3CC(Oc4cc(C)n(C)c(=O)c4)C3)[nH]n2)cc(OC)c1OC. The fourth-order valence-electron chi connectivity index (χ4n) is 3.65. The molecule has 2 aromatic heterocycles. The van der Waals surface area contributed by atoms with Gasteiger partial charge >= 0.3 is 0 Å². The summed E-state index contributed by atoms with van der Waals surface area (Å²) in [5.41, 5.74) is 2.32. The molecule has 0 aliphatic carbocycles. The van der Waals surface area contributed by atoms with Gasteiger partial charge in [0.15, 0.2) is 11.5 Å². The van der Waals surface area contributed by atoms with Crippen LogP contribution < -0.4 is 24.5 Å². The lowest BCUT2D eigenvalue weighted by atomic mass is 10.1. The molecule has 0 saturated carbocycles. The molecule has 0 radical (unpaired) electrons. The number of hydrogen-bond donors (Lipinski definition) is 1. The van der Waals surface area contributed by atoms with Crippen LogP contribution in [-0.2, 0) is 7.05 Å². The summed E-state index contributed by atoms with van der Waals surface area (Å²) < 4.78 is 23.5. The zero-order chi connectivity index (χ0) is 23.7. The van der Waals surface area contributed by atoms with E-state index in [0.717, 1.165) is 5.69 Å². The number of H-pyrrole nitrogens is 1. The summed E-state index contributed by atoms with van der Waals surface area (Å²) in [7, 11) is 6.32. The number of aromatic amines is 1. The highest BCUT2D eigenvalue weighted by Gasteiger charge is 2.34. The van der Waals surface area contributed by atoms with Crippen molar-refractivity contribution in [3.63, 3.8) is 0 Å². The van der Waals surface area contributed by atoms with E-state index in [1.165, 1.54) is 27.4 Å². The number of hydrogen-bond acceptors (Lipinski definition) is 7. The summed E-state index contributed by atoms with van der Waals surface area (Å²) in [6.07, 6.45) is -0.169. The second-order valence-electron chi connectivity index (χ2n) is 7.76. The van der Waals surface area contributed by atoms with Crippen LogP contribution in [0.4, 0.5) is 0 Å². The van der Waals surface area contributed by atoms with Gasteiger partial charge in [0.05, 0.1) is 40.1 Å². The van der Waals surface area contributed by atoms with E-state index in [2.05, 4.69) is 10.2 Å². The second kappa shape index (κ2) is 8.89. The van der Waals surface area contributed by atoms with Crippen molar-refractivity contribution in [3.05, 3.63) is 52.1 Å². The molecule has 0 unspecified atom stereocenters. The lowest BCUT2D eigenvalue weighted by Crippen LogP contribution is -2.56. The van der Waals surface area contributed by atoms with E-state index in [9.17, 15) is 9.59 Å². The van der Waals surface area contributed by atoms with Gasteiger partial charge in [-0.15, -0.1) is 0 Å². The largest absolute Gasteiger partial charge is 0.493 e. The molecule has 10 heteroatoms. The average Bonchev–Trinajstić information content (AvgIpc) is 3.28. The van der Waals surface area contributed by atoms with Crippen LogP contribution in [0.5, 0.6) is 23.0 Å². The maximum atomic E-state index is 12.8. The number of amides is 1. The number of nitrogens with zero attached hydrogens (tertiary/aromatic N) is 3. The number of ether oxygens (including phenoxy) is 4. The van der Waals surface area contributed by atoms with Crippen LogP contribution in [0.3, 0.4) is 0 Å². The van der Waals surface area contributed by atoms with Crippen LogP contribution in [0.1, 0.15) is 16.2 Å². The van der Waals surface area contributed by atoms with Gasteiger partial charge in [-0.2, -0.15) is 5.10 Å². The topological polar surface area (TPSA) is 108 Å². The van der Waals surface area contributed by atoms with E-state index >= 15 is 0 Å². The van der Waals surface area contributed by atoms with Crippen LogP contribution in [0, 0.1) is 6.92 Å². The molecule has 1 N–H and O–H groups in total. The van der Waals surface area contributed by atoms with Crippen molar-refractivity contribution in [1.82, 2.24) is 19.7 Å². The third-order valence-electron chi connectivity index (χ3n) is 5.68. The number of aromatic nitrogens is 3. The Morgan fingerprint density at radius 3 is 2.27 bits per heavy atom. The lowest BCUT2D eigenvalue weighted by molar-refractivity contribution is 0.0172. The molecule has 3 heterocycles. The molecule has 10 nitrogen and oxygen atoms in total. The molecule has 4 rings (SSSR count). The van der Waals surface area contributed by atoms with Crippen molar-refractivity contribution in [2.24, 2.45) is 7.05 Å². The highest BCUT2D eigenvalue weighted by molar-refractivity contribution is 5.94. The van der Waals surface area contributed by atoms with Gasteiger partial charge < -0.3 is 28.4 Å². The van der Waals surface area contributed by atoms with Gasteiger partial charge in [-0.3, -0.25) is 14.7 Å². The van der Waals surface area contributed by atoms with Crippen LogP contribution >= 0.6 is 0 Å². The first-order valence-corrected chi connectivity index (χ1v) is 10.3. The zero-order valence-corrected chi connectivity index (χ0v) is 19.2. The fraction of sp³-hybridized carbons (Fsp3) is 0.348.